The Morgan fingerprint density at radius 3 is 2.74 bits per heavy atom. The van der Waals surface area contributed by atoms with Crippen LogP contribution in [0.25, 0.3) is 10.9 Å². The molecule has 2 heterocycles. The first-order valence-corrected chi connectivity index (χ1v) is 9.16. The van der Waals surface area contributed by atoms with Gasteiger partial charge in [0, 0.05) is 29.2 Å². The molecule has 0 unspecified atom stereocenters. The number of rotatable bonds is 3. The molecule has 2 N–H and O–H groups in total. The van der Waals surface area contributed by atoms with Gasteiger partial charge in [-0.1, -0.05) is 11.6 Å². The molecule has 3 aromatic rings. The summed E-state index contributed by atoms with van der Waals surface area (Å²) in [6, 6.07) is 13.4. The maximum Gasteiger partial charge on any atom is 0.141 e. The van der Waals surface area contributed by atoms with E-state index >= 15 is 0 Å². The molecular weight excluding hydrogens is 362 g/mol. The van der Waals surface area contributed by atoms with E-state index < -0.39 is 0 Å². The molecule has 136 valence electrons. The molecule has 0 radical (unpaired) electrons. The van der Waals surface area contributed by atoms with Crippen LogP contribution in [0.5, 0.6) is 0 Å². The minimum atomic E-state index is -0.243. The molecule has 2 aromatic carbocycles. The van der Waals surface area contributed by atoms with Gasteiger partial charge in [0.05, 0.1) is 22.9 Å². The number of halogens is 1. The van der Waals surface area contributed by atoms with E-state index in [9.17, 15) is 10.4 Å². The number of hydrogen-bond donors (Lipinski definition) is 2. The lowest BCUT2D eigenvalue weighted by atomic mass is 10.0. The average molecular weight is 380 g/mol. The van der Waals surface area contributed by atoms with Crippen LogP contribution >= 0.6 is 11.6 Å². The Hall–Kier alpha value is -2.88. The number of nitrogens with one attached hydrogen (secondary N) is 1. The summed E-state index contributed by atoms with van der Waals surface area (Å²) in [5.41, 5.74) is 3.03. The molecule has 7 heteroatoms. The quantitative estimate of drug-likeness (QED) is 0.718. The monoisotopic (exact) mass is 379 g/mol. The Balaban J connectivity index is 1.63. The Kier molecular flexibility index (Phi) is 4.80. The average Bonchev–Trinajstić information content (AvgIpc) is 2.68. The number of benzene rings is 2. The third kappa shape index (κ3) is 3.65. The standard InChI is InChI=1S/C20H18ClN5O/c21-14-1-3-17-18(10-14)23-12-24-20(17)25-15-2-4-19(13(9-15)11-22)26-7-5-16(27)6-8-26/h1-4,9-10,12,16,27H,5-8H2,(H,23,24,25). The number of aliphatic hydroxyl groups is 1. The van der Waals surface area contributed by atoms with Crippen LogP contribution < -0.4 is 10.2 Å². The number of aromatic nitrogens is 2. The number of piperidine rings is 1. The van der Waals surface area contributed by atoms with Gasteiger partial charge in [0.15, 0.2) is 0 Å². The van der Waals surface area contributed by atoms with Gasteiger partial charge in [0.2, 0.25) is 0 Å². The van der Waals surface area contributed by atoms with E-state index in [2.05, 4.69) is 26.3 Å². The second kappa shape index (κ2) is 7.39. The van der Waals surface area contributed by atoms with E-state index in [1.807, 2.05) is 24.3 Å². The van der Waals surface area contributed by atoms with Gasteiger partial charge in [-0.3, -0.25) is 0 Å². The third-order valence-electron chi connectivity index (χ3n) is 4.78. The summed E-state index contributed by atoms with van der Waals surface area (Å²) >= 11 is 6.03. The number of fused-ring (bicyclic) bond motifs is 1. The van der Waals surface area contributed by atoms with Gasteiger partial charge in [-0.05, 0) is 49.2 Å². The van der Waals surface area contributed by atoms with Gasteiger partial charge in [0.25, 0.3) is 0 Å². The van der Waals surface area contributed by atoms with Crippen LogP contribution in [0.1, 0.15) is 18.4 Å². The van der Waals surface area contributed by atoms with Crippen molar-refractivity contribution in [3.8, 4) is 6.07 Å². The van der Waals surface area contributed by atoms with Crippen molar-refractivity contribution < 1.29 is 5.11 Å². The predicted molar refractivity (Wildman–Crippen MR) is 106 cm³/mol. The highest BCUT2D eigenvalue weighted by Crippen LogP contribution is 2.30. The third-order valence-corrected chi connectivity index (χ3v) is 5.02. The van der Waals surface area contributed by atoms with E-state index in [1.165, 1.54) is 6.33 Å². The number of anilines is 3. The molecule has 0 saturated carbocycles. The van der Waals surface area contributed by atoms with Crippen LogP contribution in [-0.4, -0.2) is 34.3 Å². The second-order valence-electron chi connectivity index (χ2n) is 6.57. The molecular formula is C20H18ClN5O. The van der Waals surface area contributed by atoms with Crippen LogP contribution in [0.15, 0.2) is 42.7 Å². The zero-order valence-corrected chi connectivity index (χ0v) is 15.3. The zero-order chi connectivity index (χ0) is 18.8. The molecule has 27 heavy (non-hydrogen) atoms. The Morgan fingerprint density at radius 2 is 1.96 bits per heavy atom. The SMILES string of the molecule is N#Cc1cc(Nc2ncnc3cc(Cl)ccc23)ccc1N1CCC(O)CC1. The van der Waals surface area contributed by atoms with Gasteiger partial charge < -0.3 is 15.3 Å². The smallest absolute Gasteiger partial charge is 0.141 e. The number of nitrogens with zero attached hydrogens (tertiary/aromatic N) is 4. The first kappa shape index (κ1) is 17.5. The molecule has 4 rings (SSSR count). The topological polar surface area (TPSA) is 85.1 Å². The van der Waals surface area contributed by atoms with Gasteiger partial charge in [-0.25, -0.2) is 9.97 Å². The van der Waals surface area contributed by atoms with Crippen LogP contribution in [0.4, 0.5) is 17.2 Å². The van der Waals surface area contributed by atoms with Crippen molar-refractivity contribution in [1.29, 1.82) is 5.26 Å². The van der Waals surface area contributed by atoms with E-state index in [0.717, 1.165) is 48.2 Å². The molecule has 0 atom stereocenters. The number of nitriles is 1. The molecule has 0 amide bonds. The highest BCUT2D eigenvalue weighted by Gasteiger charge is 2.19. The van der Waals surface area contributed by atoms with Gasteiger partial charge in [0.1, 0.15) is 18.2 Å². The molecule has 6 nitrogen and oxygen atoms in total. The first-order valence-electron chi connectivity index (χ1n) is 8.78. The van der Waals surface area contributed by atoms with Crippen molar-refractivity contribution in [3.05, 3.63) is 53.3 Å². The minimum absolute atomic E-state index is 0.243. The Labute approximate surface area is 162 Å². The highest BCUT2D eigenvalue weighted by atomic mass is 35.5. The summed E-state index contributed by atoms with van der Waals surface area (Å²) in [6.07, 6.45) is 2.69. The van der Waals surface area contributed by atoms with E-state index in [4.69, 9.17) is 11.6 Å². The molecule has 1 aliphatic heterocycles. The fourth-order valence-electron chi connectivity index (χ4n) is 3.35. The normalized spacial score (nSPS) is 14.9. The van der Waals surface area contributed by atoms with Crippen molar-refractivity contribution in [2.24, 2.45) is 0 Å². The number of aliphatic hydroxyl groups excluding tert-OH is 1. The lowest BCUT2D eigenvalue weighted by Crippen LogP contribution is -2.36. The highest BCUT2D eigenvalue weighted by molar-refractivity contribution is 6.31. The molecule has 1 aromatic heterocycles. The van der Waals surface area contributed by atoms with E-state index in [1.54, 1.807) is 12.1 Å². The van der Waals surface area contributed by atoms with Crippen LogP contribution in [0.3, 0.4) is 0 Å². The number of hydrogen-bond acceptors (Lipinski definition) is 6. The van der Waals surface area contributed by atoms with E-state index in [-0.39, 0.29) is 6.10 Å². The van der Waals surface area contributed by atoms with Crippen molar-refractivity contribution in [3.63, 3.8) is 0 Å². The van der Waals surface area contributed by atoms with Crippen molar-refractivity contribution in [2.45, 2.75) is 18.9 Å². The van der Waals surface area contributed by atoms with E-state index in [0.29, 0.717) is 16.4 Å². The van der Waals surface area contributed by atoms with Gasteiger partial charge in [-0.2, -0.15) is 5.26 Å². The van der Waals surface area contributed by atoms with Crippen molar-refractivity contribution >= 4 is 39.7 Å². The lowest BCUT2D eigenvalue weighted by molar-refractivity contribution is 0.145. The fraction of sp³-hybridized carbons (Fsp3) is 0.250. The minimum Gasteiger partial charge on any atom is -0.393 e. The summed E-state index contributed by atoms with van der Waals surface area (Å²) in [5.74, 6) is 0.661. The maximum atomic E-state index is 9.69. The maximum absolute atomic E-state index is 9.69. The Morgan fingerprint density at radius 1 is 1.15 bits per heavy atom. The molecule has 1 fully saturated rings. The first-order chi connectivity index (χ1) is 13.1. The molecule has 1 saturated heterocycles. The van der Waals surface area contributed by atoms with Crippen LogP contribution in [-0.2, 0) is 0 Å². The summed E-state index contributed by atoms with van der Waals surface area (Å²) in [4.78, 5) is 10.7. The predicted octanol–water partition coefficient (Wildman–Crippen LogP) is 3.86. The van der Waals surface area contributed by atoms with Gasteiger partial charge in [-0.15, -0.1) is 0 Å². The zero-order valence-electron chi connectivity index (χ0n) is 14.6. The summed E-state index contributed by atoms with van der Waals surface area (Å²) in [6.45, 7) is 1.50. The van der Waals surface area contributed by atoms with Crippen LogP contribution in [0.2, 0.25) is 5.02 Å². The largest absolute Gasteiger partial charge is 0.393 e. The molecule has 1 aliphatic rings. The van der Waals surface area contributed by atoms with Crippen LogP contribution in [0, 0.1) is 11.3 Å². The summed E-state index contributed by atoms with van der Waals surface area (Å²) < 4.78 is 0. The van der Waals surface area contributed by atoms with Crippen molar-refractivity contribution in [2.75, 3.05) is 23.3 Å². The molecule has 0 bridgehead atoms. The second-order valence-corrected chi connectivity index (χ2v) is 7.01. The van der Waals surface area contributed by atoms with Gasteiger partial charge >= 0.3 is 0 Å². The molecule has 0 spiro atoms. The molecule has 0 aliphatic carbocycles. The van der Waals surface area contributed by atoms with Crippen molar-refractivity contribution in [1.82, 2.24) is 9.97 Å². The Bertz CT molecular complexity index is 1020. The summed E-state index contributed by atoms with van der Waals surface area (Å²) in [5, 5.41) is 24.0. The summed E-state index contributed by atoms with van der Waals surface area (Å²) in [7, 11) is 0. The fourth-order valence-corrected chi connectivity index (χ4v) is 3.52. The lowest BCUT2D eigenvalue weighted by Gasteiger charge is -2.32.